The molecule has 0 aliphatic carbocycles. The molecule has 5 heteroatoms. The van der Waals surface area contributed by atoms with Crippen molar-refractivity contribution in [2.75, 3.05) is 19.5 Å². The van der Waals surface area contributed by atoms with Crippen molar-refractivity contribution in [2.45, 2.75) is 12.5 Å². The molecular formula is C16H18N2O3. The van der Waals surface area contributed by atoms with Gasteiger partial charge in [0.2, 0.25) is 0 Å². The molecule has 110 valence electrons. The Bertz CT molecular complexity index is 616. The topological polar surface area (TPSA) is 60.5 Å². The number of esters is 1. The minimum Gasteiger partial charge on any atom is -0.495 e. The number of hydrogen-bond donors (Lipinski definition) is 1. The third-order valence-corrected chi connectivity index (χ3v) is 3.32. The third kappa shape index (κ3) is 2.97. The second kappa shape index (κ2) is 6.26. The number of carbonyl (C=O) groups excluding carboxylic acids is 1. The summed E-state index contributed by atoms with van der Waals surface area (Å²) in [6, 6.07) is 11.0. The van der Waals surface area contributed by atoms with E-state index in [-0.39, 0.29) is 0 Å². The molecule has 2 rings (SSSR count). The molecule has 0 saturated heterocycles. The van der Waals surface area contributed by atoms with E-state index in [0.29, 0.717) is 17.0 Å². The summed E-state index contributed by atoms with van der Waals surface area (Å²) >= 11 is 0. The number of pyridine rings is 1. The van der Waals surface area contributed by atoms with E-state index < -0.39 is 11.5 Å². The summed E-state index contributed by atoms with van der Waals surface area (Å²) in [4.78, 5) is 16.4. The normalized spacial score (nSPS) is 13.1. The van der Waals surface area contributed by atoms with E-state index in [2.05, 4.69) is 10.3 Å². The summed E-state index contributed by atoms with van der Waals surface area (Å²) in [7, 11) is 2.95. The SMILES string of the molecule is COC(=O)C(C)(Nc1ccccc1OC)c1cccnc1. The molecule has 0 radical (unpaired) electrons. The van der Waals surface area contributed by atoms with E-state index in [4.69, 9.17) is 9.47 Å². The first-order chi connectivity index (χ1) is 10.1. The number of hydrogen-bond acceptors (Lipinski definition) is 5. The average Bonchev–Trinajstić information content (AvgIpc) is 2.55. The molecule has 0 fully saturated rings. The van der Waals surface area contributed by atoms with Crippen LogP contribution in [-0.4, -0.2) is 25.2 Å². The minimum absolute atomic E-state index is 0.401. The summed E-state index contributed by atoms with van der Waals surface area (Å²) in [5.41, 5.74) is 0.358. The van der Waals surface area contributed by atoms with E-state index >= 15 is 0 Å². The second-order valence-electron chi connectivity index (χ2n) is 4.68. The van der Waals surface area contributed by atoms with Gasteiger partial charge in [0.25, 0.3) is 0 Å². The Morgan fingerprint density at radius 2 is 1.95 bits per heavy atom. The quantitative estimate of drug-likeness (QED) is 0.856. The largest absolute Gasteiger partial charge is 0.495 e. The van der Waals surface area contributed by atoms with Gasteiger partial charge in [0, 0.05) is 18.0 Å². The summed E-state index contributed by atoms with van der Waals surface area (Å²) in [5.74, 6) is 0.248. The van der Waals surface area contributed by atoms with Gasteiger partial charge in [-0.2, -0.15) is 0 Å². The maximum Gasteiger partial charge on any atom is 0.335 e. The highest BCUT2D eigenvalue weighted by atomic mass is 16.5. The van der Waals surface area contributed by atoms with Gasteiger partial charge in [0.05, 0.1) is 19.9 Å². The molecule has 0 saturated carbocycles. The molecule has 1 aromatic carbocycles. The zero-order valence-electron chi connectivity index (χ0n) is 12.3. The number of anilines is 1. The number of methoxy groups -OCH3 is 2. The zero-order valence-corrected chi connectivity index (χ0v) is 12.3. The van der Waals surface area contributed by atoms with E-state index in [1.165, 1.54) is 7.11 Å². The monoisotopic (exact) mass is 286 g/mol. The molecule has 0 aliphatic heterocycles. The molecule has 5 nitrogen and oxygen atoms in total. The molecule has 1 aromatic heterocycles. The summed E-state index contributed by atoms with van der Waals surface area (Å²) in [6.45, 7) is 1.75. The van der Waals surface area contributed by atoms with Crippen LogP contribution in [0.2, 0.25) is 0 Å². The zero-order chi connectivity index (χ0) is 15.3. The molecular weight excluding hydrogens is 268 g/mol. The predicted molar refractivity (Wildman–Crippen MR) is 80.2 cm³/mol. The Morgan fingerprint density at radius 3 is 2.57 bits per heavy atom. The highest BCUT2D eigenvalue weighted by Gasteiger charge is 2.37. The Kier molecular flexibility index (Phi) is 4.42. The fourth-order valence-corrected chi connectivity index (χ4v) is 2.12. The number of para-hydroxylation sites is 2. The van der Waals surface area contributed by atoms with Crippen LogP contribution in [0.4, 0.5) is 5.69 Å². The lowest BCUT2D eigenvalue weighted by atomic mass is 9.93. The fraction of sp³-hybridized carbons (Fsp3) is 0.250. The molecule has 2 aromatic rings. The van der Waals surface area contributed by atoms with E-state index in [1.807, 2.05) is 30.3 Å². The highest BCUT2D eigenvalue weighted by Crippen LogP contribution is 2.32. The first-order valence-electron chi connectivity index (χ1n) is 6.52. The molecule has 1 atom stereocenters. The van der Waals surface area contributed by atoms with Crippen LogP contribution in [0, 0.1) is 0 Å². The number of nitrogens with one attached hydrogen (secondary N) is 1. The molecule has 1 unspecified atom stereocenters. The van der Waals surface area contributed by atoms with E-state index in [1.54, 1.807) is 32.5 Å². The minimum atomic E-state index is -1.06. The summed E-state index contributed by atoms with van der Waals surface area (Å²) < 4.78 is 10.3. The third-order valence-electron chi connectivity index (χ3n) is 3.32. The van der Waals surface area contributed by atoms with Crippen LogP contribution in [0.5, 0.6) is 5.75 Å². The standard InChI is InChI=1S/C16H18N2O3/c1-16(15(19)21-3,12-7-6-10-17-11-12)18-13-8-4-5-9-14(13)20-2/h4-11,18H,1-3H3. The molecule has 0 spiro atoms. The molecule has 21 heavy (non-hydrogen) atoms. The number of aromatic nitrogens is 1. The molecule has 0 amide bonds. The summed E-state index contributed by atoms with van der Waals surface area (Å²) in [5, 5.41) is 3.20. The Hall–Kier alpha value is -2.56. The van der Waals surface area contributed by atoms with E-state index in [0.717, 1.165) is 0 Å². The van der Waals surface area contributed by atoms with Crippen molar-refractivity contribution in [1.82, 2.24) is 4.98 Å². The van der Waals surface area contributed by atoms with Gasteiger partial charge in [-0.15, -0.1) is 0 Å². The molecule has 1 N–H and O–H groups in total. The van der Waals surface area contributed by atoms with Crippen molar-refractivity contribution < 1.29 is 14.3 Å². The van der Waals surface area contributed by atoms with Gasteiger partial charge < -0.3 is 14.8 Å². The molecule has 0 aliphatic rings. The van der Waals surface area contributed by atoms with Crippen molar-refractivity contribution in [3.05, 3.63) is 54.4 Å². The van der Waals surface area contributed by atoms with Gasteiger partial charge in [-0.1, -0.05) is 18.2 Å². The average molecular weight is 286 g/mol. The highest BCUT2D eigenvalue weighted by molar-refractivity contribution is 5.86. The number of carbonyl (C=O) groups is 1. The smallest absolute Gasteiger partial charge is 0.335 e. The number of benzene rings is 1. The molecule has 0 bridgehead atoms. The van der Waals surface area contributed by atoms with Crippen LogP contribution in [0.15, 0.2) is 48.8 Å². The number of ether oxygens (including phenoxy) is 2. The van der Waals surface area contributed by atoms with Crippen molar-refractivity contribution in [1.29, 1.82) is 0 Å². The Labute approximate surface area is 123 Å². The summed E-state index contributed by atoms with van der Waals surface area (Å²) in [6.07, 6.45) is 3.30. The van der Waals surface area contributed by atoms with Crippen LogP contribution < -0.4 is 10.1 Å². The van der Waals surface area contributed by atoms with Crippen molar-refractivity contribution in [2.24, 2.45) is 0 Å². The van der Waals surface area contributed by atoms with Crippen LogP contribution in [-0.2, 0) is 15.1 Å². The lowest BCUT2D eigenvalue weighted by Crippen LogP contribution is -2.41. The van der Waals surface area contributed by atoms with Crippen LogP contribution in [0.3, 0.4) is 0 Å². The Morgan fingerprint density at radius 1 is 1.19 bits per heavy atom. The molecule has 1 heterocycles. The van der Waals surface area contributed by atoms with Crippen LogP contribution in [0.1, 0.15) is 12.5 Å². The van der Waals surface area contributed by atoms with Gasteiger partial charge >= 0.3 is 5.97 Å². The van der Waals surface area contributed by atoms with Gasteiger partial charge in [0.1, 0.15) is 5.75 Å². The number of rotatable bonds is 5. The maximum absolute atomic E-state index is 12.3. The second-order valence-corrected chi connectivity index (χ2v) is 4.68. The van der Waals surface area contributed by atoms with E-state index in [9.17, 15) is 4.79 Å². The number of nitrogens with zero attached hydrogens (tertiary/aromatic N) is 1. The van der Waals surface area contributed by atoms with Gasteiger partial charge in [-0.05, 0) is 25.1 Å². The predicted octanol–water partition coefficient (Wildman–Crippen LogP) is 2.59. The fourth-order valence-electron chi connectivity index (χ4n) is 2.12. The van der Waals surface area contributed by atoms with Gasteiger partial charge in [-0.25, -0.2) is 4.79 Å². The maximum atomic E-state index is 12.3. The van der Waals surface area contributed by atoms with Crippen LogP contribution in [0.25, 0.3) is 0 Å². The van der Waals surface area contributed by atoms with Crippen molar-refractivity contribution in [3.8, 4) is 5.75 Å². The van der Waals surface area contributed by atoms with Gasteiger partial charge in [0.15, 0.2) is 5.54 Å². The first kappa shape index (κ1) is 14.8. The first-order valence-corrected chi connectivity index (χ1v) is 6.52. The van der Waals surface area contributed by atoms with Gasteiger partial charge in [-0.3, -0.25) is 4.98 Å². The lowest BCUT2D eigenvalue weighted by Gasteiger charge is -2.29. The lowest BCUT2D eigenvalue weighted by molar-refractivity contribution is -0.145. The van der Waals surface area contributed by atoms with Crippen molar-refractivity contribution in [3.63, 3.8) is 0 Å². The Balaban J connectivity index is 2.45. The van der Waals surface area contributed by atoms with Crippen molar-refractivity contribution >= 4 is 11.7 Å². The van der Waals surface area contributed by atoms with Crippen LogP contribution >= 0.6 is 0 Å².